The first-order valence-corrected chi connectivity index (χ1v) is 10.4. The first-order valence-electron chi connectivity index (χ1n) is 10.4. The number of aliphatic hydroxyl groups excluding tert-OH is 1. The minimum absolute atomic E-state index is 0.181. The van der Waals surface area contributed by atoms with E-state index in [9.17, 15) is 9.90 Å². The number of amides is 1. The third kappa shape index (κ3) is 3.54. The molecule has 2 aliphatic carbocycles. The normalized spacial score (nSPS) is 33.7. The maximum absolute atomic E-state index is 13.1. The molecule has 3 atom stereocenters. The minimum Gasteiger partial charge on any atom is -0.388 e. The number of benzene rings is 1. The van der Waals surface area contributed by atoms with Crippen LogP contribution < -0.4 is 5.73 Å². The van der Waals surface area contributed by atoms with Crippen molar-refractivity contribution in [1.29, 1.82) is 0 Å². The molecule has 0 radical (unpaired) electrons. The van der Waals surface area contributed by atoms with Gasteiger partial charge in [0, 0.05) is 25.0 Å². The molecule has 3 fully saturated rings. The summed E-state index contributed by atoms with van der Waals surface area (Å²) in [6.07, 6.45) is 7.03. The van der Waals surface area contributed by atoms with Crippen LogP contribution in [-0.4, -0.2) is 35.0 Å². The highest BCUT2D eigenvalue weighted by atomic mass is 16.3. The number of carbonyl (C=O) groups excluding carboxylic acids is 1. The smallest absolute Gasteiger partial charge is 0.225 e. The number of fused-ring (bicyclic) bond motifs is 2. The summed E-state index contributed by atoms with van der Waals surface area (Å²) in [7, 11) is 0. The third-order valence-electron chi connectivity index (χ3n) is 7.20. The van der Waals surface area contributed by atoms with Crippen LogP contribution in [0.25, 0.3) is 0 Å². The van der Waals surface area contributed by atoms with Crippen LogP contribution in [0.2, 0.25) is 0 Å². The Kier molecular flexibility index (Phi) is 5.32. The molecule has 4 rings (SSSR count). The van der Waals surface area contributed by atoms with Crippen molar-refractivity contribution < 1.29 is 9.90 Å². The van der Waals surface area contributed by atoms with Crippen LogP contribution in [0.4, 0.5) is 0 Å². The van der Waals surface area contributed by atoms with Crippen molar-refractivity contribution in [3.8, 4) is 0 Å². The molecule has 3 N–H and O–H groups in total. The fourth-order valence-electron chi connectivity index (χ4n) is 5.61. The van der Waals surface area contributed by atoms with E-state index in [-0.39, 0.29) is 11.8 Å². The topological polar surface area (TPSA) is 66.6 Å². The maximum atomic E-state index is 13.1. The number of likely N-dealkylation sites (tertiary alicyclic amines) is 1. The molecule has 1 heterocycles. The van der Waals surface area contributed by atoms with Crippen molar-refractivity contribution in [2.75, 3.05) is 13.1 Å². The first kappa shape index (κ1) is 18.0. The standard InChI is InChI=1S/C22H32N2O2/c23-20-17-7-4-8-18(20)14-19(13-17)22(26)24-11-9-16(10-12-24)21(25)15-5-2-1-3-6-15/h1-3,5-6,16-21,25H,4,7-14,23H2. The van der Waals surface area contributed by atoms with Crippen LogP contribution in [0, 0.1) is 23.7 Å². The fourth-order valence-corrected chi connectivity index (χ4v) is 5.61. The second-order valence-corrected chi connectivity index (χ2v) is 8.71. The number of nitrogens with zero attached hydrogens (tertiary/aromatic N) is 1. The zero-order chi connectivity index (χ0) is 18.1. The number of rotatable bonds is 3. The van der Waals surface area contributed by atoms with Gasteiger partial charge < -0.3 is 15.7 Å². The van der Waals surface area contributed by atoms with Crippen LogP contribution >= 0.6 is 0 Å². The Bertz CT molecular complexity index is 598. The van der Waals surface area contributed by atoms with Crippen LogP contribution in [0.15, 0.2) is 30.3 Å². The Morgan fingerprint density at radius 1 is 1.04 bits per heavy atom. The number of hydrogen-bond donors (Lipinski definition) is 2. The SMILES string of the molecule is NC1C2CCCC1CC(C(=O)N1CCC(C(O)c3ccccc3)CC1)C2. The zero-order valence-corrected chi connectivity index (χ0v) is 15.6. The van der Waals surface area contributed by atoms with E-state index in [4.69, 9.17) is 5.73 Å². The number of carbonyl (C=O) groups is 1. The van der Waals surface area contributed by atoms with E-state index < -0.39 is 6.10 Å². The van der Waals surface area contributed by atoms with Gasteiger partial charge in [0.15, 0.2) is 0 Å². The molecule has 1 saturated heterocycles. The van der Waals surface area contributed by atoms with Gasteiger partial charge in [-0.3, -0.25) is 4.79 Å². The second-order valence-electron chi connectivity index (χ2n) is 8.71. The minimum atomic E-state index is -0.416. The van der Waals surface area contributed by atoms with E-state index in [1.54, 1.807) is 0 Å². The molecular formula is C22H32N2O2. The lowest BCUT2D eigenvalue weighted by atomic mass is 9.65. The van der Waals surface area contributed by atoms with Crippen molar-refractivity contribution >= 4 is 5.91 Å². The largest absolute Gasteiger partial charge is 0.388 e. The summed E-state index contributed by atoms with van der Waals surface area (Å²) in [5, 5.41) is 10.6. The summed E-state index contributed by atoms with van der Waals surface area (Å²) < 4.78 is 0. The molecule has 3 aliphatic rings. The predicted octanol–water partition coefficient (Wildman–Crippen LogP) is 3.11. The Hall–Kier alpha value is -1.39. The average molecular weight is 357 g/mol. The van der Waals surface area contributed by atoms with Crippen molar-refractivity contribution in [1.82, 2.24) is 4.90 Å². The lowest BCUT2D eigenvalue weighted by Crippen LogP contribution is -2.50. The summed E-state index contributed by atoms with van der Waals surface area (Å²) in [6, 6.07) is 10.2. The summed E-state index contributed by atoms with van der Waals surface area (Å²) in [5.74, 6) is 1.88. The van der Waals surface area contributed by atoms with Gasteiger partial charge in [0.2, 0.25) is 5.91 Å². The van der Waals surface area contributed by atoms with Crippen molar-refractivity contribution in [3.63, 3.8) is 0 Å². The number of piperidine rings is 1. The highest BCUT2D eigenvalue weighted by molar-refractivity contribution is 5.79. The molecule has 26 heavy (non-hydrogen) atoms. The summed E-state index contributed by atoms with van der Waals surface area (Å²) in [4.78, 5) is 15.1. The van der Waals surface area contributed by atoms with E-state index in [0.717, 1.165) is 44.3 Å². The lowest BCUT2D eigenvalue weighted by molar-refractivity contribution is -0.140. The summed E-state index contributed by atoms with van der Waals surface area (Å²) >= 11 is 0. The van der Waals surface area contributed by atoms with Gasteiger partial charge in [0.05, 0.1) is 6.10 Å². The maximum Gasteiger partial charge on any atom is 0.225 e. The van der Waals surface area contributed by atoms with Gasteiger partial charge in [0.1, 0.15) is 0 Å². The van der Waals surface area contributed by atoms with E-state index in [2.05, 4.69) is 4.90 Å². The van der Waals surface area contributed by atoms with Gasteiger partial charge >= 0.3 is 0 Å². The second kappa shape index (κ2) is 7.69. The van der Waals surface area contributed by atoms with Crippen LogP contribution in [0.1, 0.15) is 56.6 Å². The molecule has 4 nitrogen and oxygen atoms in total. The molecule has 4 heteroatoms. The molecule has 0 spiro atoms. The van der Waals surface area contributed by atoms with Gasteiger partial charge in [-0.25, -0.2) is 0 Å². The first-order chi connectivity index (χ1) is 12.6. The Labute approximate surface area is 156 Å². The molecule has 1 aromatic rings. The summed E-state index contributed by atoms with van der Waals surface area (Å²) in [5.41, 5.74) is 7.37. The van der Waals surface area contributed by atoms with Crippen molar-refractivity contribution in [3.05, 3.63) is 35.9 Å². The van der Waals surface area contributed by atoms with Crippen LogP contribution in [-0.2, 0) is 4.79 Å². The third-order valence-corrected chi connectivity index (χ3v) is 7.20. The van der Waals surface area contributed by atoms with E-state index in [0.29, 0.717) is 23.8 Å². The molecule has 0 aromatic heterocycles. The van der Waals surface area contributed by atoms with Crippen LogP contribution in [0.3, 0.4) is 0 Å². The molecule has 142 valence electrons. The highest BCUT2D eigenvalue weighted by Gasteiger charge is 2.42. The number of aliphatic hydroxyl groups is 1. The fraction of sp³-hybridized carbons (Fsp3) is 0.682. The van der Waals surface area contributed by atoms with Gasteiger partial charge in [-0.1, -0.05) is 36.8 Å². The molecule has 2 bridgehead atoms. The van der Waals surface area contributed by atoms with Crippen molar-refractivity contribution in [2.24, 2.45) is 29.4 Å². The van der Waals surface area contributed by atoms with Crippen LogP contribution in [0.5, 0.6) is 0 Å². The molecule has 1 amide bonds. The van der Waals surface area contributed by atoms with Gasteiger partial charge in [-0.15, -0.1) is 0 Å². The monoisotopic (exact) mass is 356 g/mol. The molecule has 1 aromatic carbocycles. The molecule has 3 unspecified atom stereocenters. The van der Waals surface area contributed by atoms with Gasteiger partial charge in [-0.05, 0) is 61.8 Å². The number of hydrogen-bond acceptors (Lipinski definition) is 3. The average Bonchev–Trinajstić information content (AvgIpc) is 2.67. The van der Waals surface area contributed by atoms with Crippen molar-refractivity contribution in [2.45, 2.75) is 57.1 Å². The lowest BCUT2D eigenvalue weighted by Gasteiger charge is -2.45. The quantitative estimate of drug-likeness (QED) is 0.874. The number of nitrogens with two attached hydrogens (primary N) is 1. The van der Waals surface area contributed by atoms with E-state index in [1.165, 1.54) is 19.3 Å². The zero-order valence-electron chi connectivity index (χ0n) is 15.6. The Balaban J connectivity index is 1.32. The Morgan fingerprint density at radius 2 is 1.65 bits per heavy atom. The summed E-state index contributed by atoms with van der Waals surface area (Å²) in [6.45, 7) is 1.57. The molecular weight excluding hydrogens is 324 g/mol. The highest BCUT2D eigenvalue weighted by Crippen LogP contribution is 2.43. The molecule has 2 saturated carbocycles. The van der Waals surface area contributed by atoms with Gasteiger partial charge in [0.25, 0.3) is 0 Å². The van der Waals surface area contributed by atoms with E-state index >= 15 is 0 Å². The Morgan fingerprint density at radius 3 is 2.27 bits per heavy atom. The van der Waals surface area contributed by atoms with E-state index in [1.807, 2.05) is 30.3 Å². The molecule has 1 aliphatic heterocycles. The predicted molar refractivity (Wildman–Crippen MR) is 102 cm³/mol. The van der Waals surface area contributed by atoms with Gasteiger partial charge in [-0.2, -0.15) is 0 Å².